The summed E-state index contributed by atoms with van der Waals surface area (Å²) in [6.07, 6.45) is 0.775. The van der Waals surface area contributed by atoms with Crippen LogP contribution in [0, 0.1) is 19.7 Å². The van der Waals surface area contributed by atoms with Gasteiger partial charge in [0, 0.05) is 31.7 Å². The minimum atomic E-state index is -0.354. The first-order valence-electron chi connectivity index (χ1n) is 9.33. The zero-order valence-corrected chi connectivity index (χ0v) is 15.9. The van der Waals surface area contributed by atoms with Crippen LogP contribution in [0.15, 0.2) is 42.5 Å². The lowest BCUT2D eigenvalue weighted by atomic mass is 10.1. The van der Waals surface area contributed by atoms with Gasteiger partial charge in [0.15, 0.2) is 0 Å². The molecule has 1 fully saturated rings. The smallest absolute Gasteiger partial charge is 0.253 e. The molecule has 1 aliphatic rings. The summed E-state index contributed by atoms with van der Waals surface area (Å²) in [6, 6.07) is 12.1. The molecular formula is C22H25FN2O2. The normalized spacial score (nSPS) is 14.8. The van der Waals surface area contributed by atoms with Crippen LogP contribution >= 0.6 is 0 Å². The van der Waals surface area contributed by atoms with E-state index in [1.807, 2.05) is 32.0 Å². The molecule has 1 aliphatic heterocycles. The maximum atomic E-state index is 13.8. The minimum Gasteiger partial charge on any atom is -0.341 e. The Kier molecular flexibility index (Phi) is 5.89. The number of hydrogen-bond donors (Lipinski definition) is 0. The van der Waals surface area contributed by atoms with Gasteiger partial charge in [0.25, 0.3) is 5.91 Å². The van der Waals surface area contributed by atoms with Crippen LogP contribution in [0.4, 0.5) is 4.39 Å². The van der Waals surface area contributed by atoms with Crippen molar-refractivity contribution in [2.75, 3.05) is 26.2 Å². The summed E-state index contributed by atoms with van der Waals surface area (Å²) in [5.74, 6) is -0.450. The summed E-state index contributed by atoms with van der Waals surface area (Å²) < 4.78 is 13.8. The third-order valence-electron chi connectivity index (χ3n) is 5.19. The second-order valence-corrected chi connectivity index (χ2v) is 7.09. The average molecular weight is 368 g/mol. The number of rotatable bonds is 3. The van der Waals surface area contributed by atoms with Gasteiger partial charge >= 0.3 is 0 Å². The van der Waals surface area contributed by atoms with E-state index in [9.17, 15) is 14.0 Å². The third-order valence-corrected chi connectivity index (χ3v) is 5.19. The Morgan fingerprint density at radius 3 is 2.37 bits per heavy atom. The van der Waals surface area contributed by atoms with Crippen LogP contribution < -0.4 is 0 Å². The Labute approximate surface area is 159 Å². The van der Waals surface area contributed by atoms with E-state index in [1.54, 1.807) is 28.0 Å². The number of amides is 2. The summed E-state index contributed by atoms with van der Waals surface area (Å²) in [7, 11) is 0. The fourth-order valence-corrected chi connectivity index (χ4v) is 3.34. The molecule has 4 nitrogen and oxygen atoms in total. The van der Waals surface area contributed by atoms with Gasteiger partial charge in [0.05, 0.1) is 6.42 Å². The molecule has 5 heteroatoms. The molecule has 1 heterocycles. The van der Waals surface area contributed by atoms with Crippen LogP contribution in [0.5, 0.6) is 0 Å². The van der Waals surface area contributed by atoms with E-state index in [4.69, 9.17) is 0 Å². The topological polar surface area (TPSA) is 40.6 Å². The summed E-state index contributed by atoms with van der Waals surface area (Å²) in [6.45, 7) is 6.20. The number of aryl methyl sites for hydroxylation is 2. The van der Waals surface area contributed by atoms with Gasteiger partial charge in [-0.2, -0.15) is 0 Å². The maximum Gasteiger partial charge on any atom is 0.253 e. The zero-order chi connectivity index (χ0) is 19.4. The molecular weight excluding hydrogens is 343 g/mol. The standard InChI is InChI=1S/C22H25FN2O2/c1-16-8-9-19(14-17(16)2)22(27)25-11-5-10-24(12-13-25)21(26)15-18-6-3-4-7-20(18)23/h3-4,6-9,14H,5,10-13,15H2,1-2H3. The SMILES string of the molecule is Cc1ccc(C(=O)N2CCCN(C(=O)Cc3ccccc3F)CC2)cc1C. The van der Waals surface area contributed by atoms with E-state index in [0.717, 1.165) is 17.5 Å². The Morgan fingerprint density at radius 1 is 0.926 bits per heavy atom. The summed E-state index contributed by atoms with van der Waals surface area (Å²) in [5.41, 5.74) is 3.35. The molecule has 2 aromatic rings. The van der Waals surface area contributed by atoms with Crippen molar-refractivity contribution < 1.29 is 14.0 Å². The van der Waals surface area contributed by atoms with E-state index in [2.05, 4.69) is 0 Å². The van der Waals surface area contributed by atoms with Crippen LogP contribution in [-0.4, -0.2) is 47.8 Å². The van der Waals surface area contributed by atoms with Gasteiger partial charge in [0.1, 0.15) is 5.82 Å². The Hall–Kier alpha value is -2.69. The highest BCUT2D eigenvalue weighted by Crippen LogP contribution is 2.15. The van der Waals surface area contributed by atoms with Crippen molar-refractivity contribution in [3.8, 4) is 0 Å². The number of carbonyl (C=O) groups excluding carboxylic acids is 2. The van der Waals surface area contributed by atoms with Crippen molar-refractivity contribution in [3.63, 3.8) is 0 Å². The molecule has 1 saturated heterocycles. The molecule has 27 heavy (non-hydrogen) atoms. The zero-order valence-electron chi connectivity index (χ0n) is 15.9. The maximum absolute atomic E-state index is 13.8. The summed E-state index contributed by atoms with van der Waals surface area (Å²) >= 11 is 0. The highest BCUT2D eigenvalue weighted by molar-refractivity contribution is 5.94. The molecule has 0 radical (unpaired) electrons. The van der Waals surface area contributed by atoms with Crippen molar-refractivity contribution >= 4 is 11.8 Å². The van der Waals surface area contributed by atoms with Crippen LogP contribution in [0.1, 0.15) is 33.5 Å². The number of halogens is 1. The molecule has 2 amide bonds. The molecule has 0 saturated carbocycles. The van der Waals surface area contributed by atoms with E-state index < -0.39 is 0 Å². The number of benzene rings is 2. The molecule has 0 unspecified atom stereocenters. The Balaban J connectivity index is 1.63. The highest BCUT2D eigenvalue weighted by atomic mass is 19.1. The van der Waals surface area contributed by atoms with Crippen molar-refractivity contribution in [1.82, 2.24) is 9.80 Å². The first-order valence-corrected chi connectivity index (χ1v) is 9.33. The van der Waals surface area contributed by atoms with Gasteiger partial charge in [-0.3, -0.25) is 9.59 Å². The quantitative estimate of drug-likeness (QED) is 0.834. The second-order valence-electron chi connectivity index (χ2n) is 7.09. The molecule has 0 atom stereocenters. The van der Waals surface area contributed by atoms with Gasteiger partial charge < -0.3 is 9.80 Å². The van der Waals surface area contributed by atoms with Crippen molar-refractivity contribution in [2.45, 2.75) is 26.7 Å². The summed E-state index contributed by atoms with van der Waals surface area (Å²) in [5, 5.41) is 0. The fourth-order valence-electron chi connectivity index (χ4n) is 3.34. The lowest BCUT2D eigenvalue weighted by Crippen LogP contribution is -2.38. The largest absolute Gasteiger partial charge is 0.341 e. The predicted molar refractivity (Wildman–Crippen MR) is 103 cm³/mol. The molecule has 0 spiro atoms. The van der Waals surface area contributed by atoms with Crippen LogP contribution in [0.3, 0.4) is 0 Å². The van der Waals surface area contributed by atoms with Gasteiger partial charge in [-0.05, 0) is 55.2 Å². The first kappa shape index (κ1) is 19.1. The molecule has 0 N–H and O–H groups in total. The number of hydrogen-bond acceptors (Lipinski definition) is 2. The second kappa shape index (κ2) is 8.33. The minimum absolute atomic E-state index is 0.00139. The average Bonchev–Trinajstić information content (AvgIpc) is 2.91. The number of nitrogens with zero attached hydrogens (tertiary/aromatic N) is 2. The summed E-state index contributed by atoms with van der Waals surface area (Å²) in [4.78, 5) is 28.9. The molecule has 142 valence electrons. The third kappa shape index (κ3) is 4.54. The van der Waals surface area contributed by atoms with Crippen molar-refractivity contribution in [2.24, 2.45) is 0 Å². The van der Waals surface area contributed by atoms with E-state index in [0.29, 0.717) is 37.3 Å². The van der Waals surface area contributed by atoms with Crippen LogP contribution in [0.25, 0.3) is 0 Å². The first-order chi connectivity index (χ1) is 13.0. The van der Waals surface area contributed by atoms with Crippen LogP contribution in [0.2, 0.25) is 0 Å². The molecule has 0 aromatic heterocycles. The van der Waals surface area contributed by atoms with Crippen LogP contribution in [-0.2, 0) is 11.2 Å². The highest BCUT2D eigenvalue weighted by Gasteiger charge is 2.23. The Bertz CT molecular complexity index is 850. The molecule has 0 aliphatic carbocycles. The predicted octanol–water partition coefficient (Wildman–Crippen LogP) is 3.36. The molecule has 3 rings (SSSR count). The fraction of sp³-hybridized carbons (Fsp3) is 0.364. The Morgan fingerprint density at radius 2 is 1.63 bits per heavy atom. The monoisotopic (exact) mass is 368 g/mol. The van der Waals surface area contributed by atoms with E-state index >= 15 is 0 Å². The van der Waals surface area contributed by atoms with Gasteiger partial charge in [-0.1, -0.05) is 24.3 Å². The van der Waals surface area contributed by atoms with Crippen molar-refractivity contribution in [3.05, 3.63) is 70.5 Å². The van der Waals surface area contributed by atoms with Gasteiger partial charge in [-0.15, -0.1) is 0 Å². The molecule has 2 aromatic carbocycles. The molecule has 0 bridgehead atoms. The lowest BCUT2D eigenvalue weighted by Gasteiger charge is -2.22. The van der Waals surface area contributed by atoms with Gasteiger partial charge in [-0.25, -0.2) is 4.39 Å². The lowest BCUT2D eigenvalue weighted by molar-refractivity contribution is -0.130. The number of carbonyl (C=O) groups is 2. The van der Waals surface area contributed by atoms with Crippen molar-refractivity contribution in [1.29, 1.82) is 0 Å². The van der Waals surface area contributed by atoms with E-state index in [1.165, 1.54) is 6.07 Å². The van der Waals surface area contributed by atoms with E-state index in [-0.39, 0.29) is 24.1 Å². The van der Waals surface area contributed by atoms with Gasteiger partial charge in [0.2, 0.25) is 5.91 Å².